The summed E-state index contributed by atoms with van der Waals surface area (Å²) >= 11 is 0. The monoisotopic (exact) mass is 368 g/mol. The van der Waals surface area contributed by atoms with Crippen LogP contribution >= 0.6 is 0 Å². The first-order chi connectivity index (χ1) is 12.8. The van der Waals surface area contributed by atoms with Crippen LogP contribution in [0.15, 0.2) is 30.3 Å². The molecule has 1 unspecified atom stereocenters. The fraction of sp³-hybridized carbons (Fsp3) is 0.435. The molecular formula is C23H29FN2O. The van der Waals surface area contributed by atoms with Crippen LogP contribution in [-0.2, 0) is 11.2 Å². The van der Waals surface area contributed by atoms with Gasteiger partial charge in [0.1, 0.15) is 5.82 Å². The minimum Gasteiger partial charge on any atom is -0.378 e. The summed E-state index contributed by atoms with van der Waals surface area (Å²) in [6.07, 6.45) is 3.69. The van der Waals surface area contributed by atoms with Crippen LogP contribution in [0, 0.1) is 25.6 Å². The standard InChI is InChI=1S/C23H29FN2O/c1-14(2)12-22(27)26-23-15(3)13-20-19(16(23)4)6-5-7-21(20)25-18-10-8-17(24)9-11-18/h8-11,13-14,21,25H,5-7,12H2,1-4H3,(H,26,27). The molecule has 0 saturated heterocycles. The van der Waals surface area contributed by atoms with Gasteiger partial charge >= 0.3 is 0 Å². The molecule has 1 aliphatic rings. The third-order valence-corrected chi connectivity index (χ3v) is 5.28. The Kier molecular flexibility index (Phi) is 5.83. The van der Waals surface area contributed by atoms with E-state index < -0.39 is 0 Å². The molecule has 3 rings (SSSR count). The van der Waals surface area contributed by atoms with Crippen molar-refractivity contribution in [2.75, 3.05) is 10.6 Å². The molecule has 3 nitrogen and oxygen atoms in total. The molecule has 4 heteroatoms. The zero-order valence-corrected chi connectivity index (χ0v) is 16.7. The first kappa shape index (κ1) is 19.4. The fourth-order valence-corrected chi connectivity index (χ4v) is 3.99. The van der Waals surface area contributed by atoms with Crippen LogP contribution in [0.4, 0.5) is 15.8 Å². The second-order valence-electron chi connectivity index (χ2n) is 8.00. The topological polar surface area (TPSA) is 41.1 Å². The van der Waals surface area contributed by atoms with Crippen LogP contribution < -0.4 is 10.6 Å². The van der Waals surface area contributed by atoms with E-state index in [0.29, 0.717) is 12.3 Å². The smallest absolute Gasteiger partial charge is 0.224 e. The zero-order valence-electron chi connectivity index (χ0n) is 16.7. The predicted octanol–water partition coefficient (Wildman–Crippen LogP) is 5.92. The van der Waals surface area contributed by atoms with Gasteiger partial charge in [0, 0.05) is 17.8 Å². The Hall–Kier alpha value is -2.36. The molecule has 2 N–H and O–H groups in total. The van der Waals surface area contributed by atoms with Crippen LogP contribution in [0.2, 0.25) is 0 Å². The maximum Gasteiger partial charge on any atom is 0.224 e. The number of amides is 1. The number of halogens is 1. The molecule has 0 aliphatic heterocycles. The van der Waals surface area contributed by atoms with Crippen LogP contribution in [0.5, 0.6) is 0 Å². The highest BCUT2D eigenvalue weighted by atomic mass is 19.1. The molecule has 2 aromatic rings. The summed E-state index contributed by atoms with van der Waals surface area (Å²) in [7, 11) is 0. The second kappa shape index (κ2) is 8.12. The third kappa shape index (κ3) is 4.49. The molecule has 1 amide bonds. The lowest BCUT2D eigenvalue weighted by atomic mass is 9.83. The van der Waals surface area contributed by atoms with E-state index in [0.717, 1.165) is 36.2 Å². The van der Waals surface area contributed by atoms with Crippen LogP contribution in [0.1, 0.15) is 61.4 Å². The number of rotatable bonds is 5. The summed E-state index contributed by atoms with van der Waals surface area (Å²) in [6, 6.07) is 8.93. The van der Waals surface area contributed by atoms with E-state index in [-0.39, 0.29) is 17.8 Å². The zero-order chi connectivity index (χ0) is 19.6. The van der Waals surface area contributed by atoms with E-state index in [1.165, 1.54) is 28.8 Å². The van der Waals surface area contributed by atoms with Gasteiger partial charge in [-0.2, -0.15) is 0 Å². The molecular weight excluding hydrogens is 339 g/mol. The average molecular weight is 368 g/mol. The predicted molar refractivity (Wildman–Crippen MR) is 110 cm³/mol. The summed E-state index contributed by atoms with van der Waals surface area (Å²) in [5.41, 5.74) is 6.78. The molecule has 2 aromatic carbocycles. The third-order valence-electron chi connectivity index (χ3n) is 5.28. The van der Waals surface area contributed by atoms with E-state index in [1.807, 2.05) is 0 Å². The van der Waals surface area contributed by atoms with Crippen molar-refractivity contribution in [3.05, 3.63) is 58.4 Å². The van der Waals surface area contributed by atoms with Crippen LogP contribution in [-0.4, -0.2) is 5.91 Å². The number of hydrogen-bond acceptors (Lipinski definition) is 2. The van der Waals surface area contributed by atoms with Crippen molar-refractivity contribution in [1.82, 2.24) is 0 Å². The number of carbonyl (C=O) groups is 1. The van der Waals surface area contributed by atoms with Crippen molar-refractivity contribution in [1.29, 1.82) is 0 Å². The molecule has 144 valence electrons. The molecule has 0 radical (unpaired) electrons. The molecule has 27 heavy (non-hydrogen) atoms. The SMILES string of the molecule is Cc1cc2c(c(C)c1NC(=O)CC(C)C)CCCC2Nc1ccc(F)cc1. The molecule has 0 heterocycles. The normalized spacial score (nSPS) is 16.1. The Bertz CT molecular complexity index is 827. The van der Waals surface area contributed by atoms with Gasteiger partial charge in [0.15, 0.2) is 0 Å². The molecule has 1 atom stereocenters. The van der Waals surface area contributed by atoms with Crippen molar-refractivity contribution in [2.45, 2.75) is 59.4 Å². The average Bonchev–Trinajstić information content (AvgIpc) is 2.61. The first-order valence-corrected chi connectivity index (χ1v) is 9.80. The van der Waals surface area contributed by atoms with Gasteiger partial charge in [0.2, 0.25) is 5.91 Å². The van der Waals surface area contributed by atoms with E-state index in [1.54, 1.807) is 12.1 Å². The van der Waals surface area contributed by atoms with E-state index in [9.17, 15) is 9.18 Å². The lowest BCUT2D eigenvalue weighted by molar-refractivity contribution is -0.116. The van der Waals surface area contributed by atoms with Gasteiger partial charge in [0.25, 0.3) is 0 Å². The van der Waals surface area contributed by atoms with Crippen molar-refractivity contribution in [3.63, 3.8) is 0 Å². The van der Waals surface area contributed by atoms with E-state index in [2.05, 4.69) is 44.4 Å². The maximum absolute atomic E-state index is 13.2. The van der Waals surface area contributed by atoms with Crippen LogP contribution in [0.25, 0.3) is 0 Å². The van der Waals surface area contributed by atoms with E-state index >= 15 is 0 Å². The quantitative estimate of drug-likeness (QED) is 0.688. The Morgan fingerprint density at radius 2 is 1.93 bits per heavy atom. The summed E-state index contributed by atoms with van der Waals surface area (Å²) < 4.78 is 13.2. The molecule has 0 spiro atoms. The van der Waals surface area contributed by atoms with Gasteiger partial charge in [-0.15, -0.1) is 0 Å². The Balaban J connectivity index is 1.88. The Morgan fingerprint density at radius 1 is 1.22 bits per heavy atom. The molecule has 1 aliphatic carbocycles. The number of hydrogen-bond donors (Lipinski definition) is 2. The van der Waals surface area contributed by atoms with Gasteiger partial charge in [0.05, 0.1) is 6.04 Å². The largest absolute Gasteiger partial charge is 0.378 e. The fourth-order valence-electron chi connectivity index (χ4n) is 3.99. The number of anilines is 2. The van der Waals surface area contributed by atoms with Crippen molar-refractivity contribution < 1.29 is 9.18 Å². The van der Waals surface area contributed by atoms with Crippen molar-refractivity contribution in [3.8, 4) is 0 Å². The lowest BCUT2D eigenvalue weighted by Gasteiger charge is -2.30. The highest BCUT2D eigenvalue weighted by molar-refractivity contribution is 5.92. The van der Waals surface area contributed by atoms with Gasteiger partial charge in [-0.25, -0.2) is 4.39 Å². The minimum absolute atomic E-state index is 0.0768. The highest BCUT2D eigenvalue weighted by Crippen LogP contribution is 2.38. The summed E-state index contributed by atoms with van der Waals surface area (Å²) in [6.45, 7) is 8.27. The number of nitrogens with one attached hydrogen (secondary N) is 2. The van der Waals surface area contributed by atoms with E-state index in [4.69, 9.17) is 0 Å². The minimum atomic E-state index is -0.224. The van der Waals surface area contributed by atoms with Gasteiger partial charge in [-0.05, 0) is 85.5 Å². The molecule has 0 fully saturated rings. The number of aryl methyl sites for hydroxylation is 1. The summed E-state index contributed by atoms with van der Waals surface area (Å²) in [5, 5.41) is 6.68. The Labute approximate surface area is 161 Å². The van der Waals surface area contributed by atoms with Gasteiger partial charge < -0.3 is 10.6 Å². The molecule has 0 aromatic heterocycles. The van der Waals surface area contributed by atoms with Gasteiger partial charge in [-0.3, -0.25) is 4.79 Å². The Morgan fingerprint density at radius 3 is 2.59 bits per heavy atom. The van der Waals surface area contributed by atoms with Gasteiger partial charge in [-0.1, -0.05) is 19.9 Å². The second-order valence-corrected chi connectivity index (χ2v) is 8.00. The summed E-state index contributed by atoms with van der Waals surface area (Å²) in [5.74, 6) is 0.193. The number of fused-ring (bicyclic) bond motifs is 1. The van der Waals surface area contributed by atoms with Crippen molar-refractivity contribution in [2.24, 2.45) is 5.92 Å². The summed E-state index contributed by atoms with van der Waals surface area (Å²) in [4.78, 5) is 12.3. The first-order valence-electron chi connectivity index (χ1n) is 9.80. The number of benzene rings is 2. The van der Waals surface area contributed by atoms with Crippen LogP contribution in [0.3, 0.4) is 0 Å². The number of carbonyl (C=O) groups excluding carboxylic acids is 1. The van der Waals surface area contributed by atoms with Crippen molar-refractivity contribution >= 4 is 17.3 Å². The maximum atomic E-state index is 13.2. The molecule has 0 saturated carbocycles. The lowest BCUT2D eigenvalue weighted by Crippen LogP contribution is -2.21. The highest BCUT2D eigenvalue weighted by Gasteiger charge is 2.24. The molecule has 0 bridgehead atoms.